The summed E-state index contributed by atoms with van der Waals surface area (Å²) in [5.41, 5.74) is 2.90. The normalized spacial score (nSPS) is 11.6. The number of hydrogen-bond donors (Lipinski definition) is 1. The van der Waals surface area contributed by atoms with E-state index in [0.29, 0.717) is 0 Å². The number of halogens is 1. The zero-order chi connectivity index (χ0) is 18.0. The summed E-state index contributed by atoms with van der Waals surface area (Å²) in [5.74, 6) is -0.767. The summed E-state index contributed by atoms with van der Waals surface area (Å²) >= 11 is 1.44. The highest BCUT2D eigenvalue weighted by molar-refractivity contribution is 7.89. The van der Waals surface area contributed by atoms with Crippen LogP contribution in [0.4, 0.5) is 4.39 Å². The molecular weight excluding hydrogens is 359 g/mol. The van der Waals surface area contributed by atoms with Gasteiger partial charge in [0.25, 0.3) is 0 Å². The predicted octanol–water partition coefficient (Wildman–Crippen LogP) is 4.04. The van der Waals surface area contributed by atoms with Crippen molar-refractivity contribution in [2.75, 3.05) is 0 Å². The molecule has 0 aliphatic heterocycles. The van der Waals surface area contributed by atoms with Crippen molar-refractivity contribution in [3.8, 4) is 10.6 Å². The van der Waals surface area contributed by atoms with Crippen LogP contribution in [0.15, 0.2) is 53.4 Å². The van der Waals surface area contributed by atoms with E-state index in [2.05, 4.69) is 9.71 Å². The average Bonchev–Trinajstić information content (AvgIpc) is 2.94. The lowest BCUT2D eigenvalue weighted by molar-refractivity contribution is 0.557. The molecule has 0 aliphatic carbocycles. The third-order valence-corrected chi connectivity index (χ3v) is 6.44. The van der Waals surface area contributed by atoms with E-state index in [4.69, 9.17) is 0 Å². The SMILES string of the molecule is Cc1ccccc1-c1nc(C)c(CNS(=O)(=O)c2ccccc2F)s1. The lowest BCUT2D eigenvalue weighted by atomic mass is 10.1. The van der Waals surface area contributed by atoms with Gasteiger partial charge >= 0.3 is 0 Å². The first-order valence-corrected chi connectivity index (χ1v) is 9.95. The van der Waals surface area contributed by atoms with Crippen molar-refractivity contribution >= 4 is 21.4 Å². The molecule has 3 aromatic rings. The molecule has 0 unspecified atom stereocenters. The first-order valence-electron chi connectivity index (χ1n) is 7.65. The number of benzene rings is 2. The van der Waals surface area contributed by atoms with Crippen molar-refractivity contribution in [2.24, 2.45) is 0 Å². The van der Waals surface area contributed by atoms with Gasteiger partial charge in [0.2, 0.25) is 10.0 Å². The first kappa shape index (κ1) is 17.7. The molecule has 1 heterocycles. The summed E-state index contributed by atoms with van der Waals surface area (Å²) in [6, 6.07) is 13.2. The molecule has 130 valence electrons. The average molecular weight is 376 g/mol. The van der Waals surface area contributed by atoms with E-state index < -0.39 is 15.8 Å². The monoisotopic (exact) mass is 376 g/mol. The number of nitrogens with one attached hydrogen (secondary N) is 1. The molecule has 1 aromatic heterocycles. The van der Waals surface area contributed by atoms with Gasteiger partial charge in [-0.05, 0) is 31.5 Å². The van der Waals surface area contributed by atoms with Gasteiger partial charge in [-0.3, -0.25) is 0 Å². The summed E-state index contributed by atoms with van der Waals surface area (Å²) in [6.07, 6.45) is 0. The van der Waals surface area contributed by atoms with Crippen LogP contribution in [0.25, 0.3) is 10.6 Å². The number of hydrogen-bond acceptors (Lipinski definition) is 4. The number of sulfonamides is 1. The van der Waals surface area contributed by atoms with E-state index >= 15 is 0 Å². The van der Waals surface area contributed by atoms with Gasteiger partial charge in [0.05, 0.1) is 5.69 Å². The number of thiazole rings is 1. The Labute approximate surface area is 150 Å². The van der Waals surface area contributed by atoms with E-state index in [0.717, 1.165) is 32.8 Å². The van der Waals surface area contributed by atoms with Crippen LogP contribution >= 0.6 is 11.3 Å². The molecule has 0 saturated carbocycles. The second-order valence-corrected chi connectivity index (χ2v) is 8.42. The van der Waals surface area contributed by atoms with Crippen LogP contribution in [0, 0.1) is 19.7 Å². The molecule has 3 rings (SSSR count). The van der Waals surface area contributed by atoms with Gasteiger partial charge in [-0.15, -0.1) is 11.3 Å². The summed E-state index contributed by atoms with van der Waals surface area (Å²) in [4.78, 5) is 5.00. The minimum absolute atomic E-state index is 0.0754. The lowest BCUT2D eigenvalue weighted by Crippen LogP contribution is -2.24. The van der Waals surface area contributed by atoms with E-state index in [9.17, 15) is 12.8 Å². The maximum Gasteiger partial charge on any atom is 0.243 e. The standard InChI is InChI=1S/C18H17FN2O2S2/c1-12-7-3-4-8-14(12)18-21-13(2)16(24-18)11-20-25(22,23)17-10-6-5-9-15(17)19/h3-10,20H,11H2,1-2H3. The van der Waals surface area contributed by atoms with Crippen LogP contribution in [-0.4, -0.2) is 13.4 Å². The van der Waals surface area contributed by atoms with Gasteiger partial charge in [-0.2, -0.15) is 0 Å². The van der Waals surface area contributed by atoms with E-state index in [-0.39, 0.29) is 11.4 Å². The smallest absolute Gasteiger partial charge is 0.241 e. The molecule has 0 aliphatic rings. The summed E-state index contributed by atoms with van der Waals surface area (Å²) < 4.78 is 40.8. The molecule has 0 atom stereocenters. The molecule has 0 spiro atoms. The van der Waals surface area contributed by atoms with Crippen LogP contribution in [-0.2, 0) is 16.6 Å². The Morgan fingerprint density at radius 2 is 1.76 bits per heavy atom. The molecule has 7 heteroatoms. The lowest BCUT2D eigenvalue weighted by Gasteiger charge is -2.06. The highest BCUT2D eigenvalue weighted by atomic mass is 32.2. The van der Waals surface area contributed by atoms with E-state index in [1.807, 2.05) is 38.1 Å². The molecule has 0 saturated heterocycles. The number of aromatic nitrogens is 1. The summed E-state index contributed by atoms with van der Waals surface area (Å²) in [7, 11) is -3.92. The molecule has 0 fully saturated rings. The molecule has 2 aromatic carbocycles. The quantitative estimate of drug-likeness (QED) is 0.731. The van der Waals surface area contributed by atoms with Crippen LogP contribution in [0.3, 0.4) is 0 Å². The van der Waals surface area contributed by atoms with Crippen molar-refractivity contribution < 1.29 is 12.8 Å². The Morgan fingerprint density at radius 1 is 1.08 bits per heavy atom. The molecule has 1 N–H and O–H groups in total. The Balaban J connectivity index is 1.83. The zero-order valence-electron chi connectivity index (χ0n) is 13.8. The largest absolute Gasteiger partial charge is 0.243 e. The third-order valence-electron chi connectivity index (χ3n) is 3.82. The fourth-order valence-electron chi connectivity index (χ4n) is 2.42. The summed E-state index contributed by atoms with van der Waals surface area (Å²) in [5, 5.41) is 0.843. The van der Waals surface area contributed by atoms with Crippen LogP contribution in [0.2, 0.25) is 0 Å². The van der Waals surface area contributed by atoms with E-state index in [1.54, 1.807) is 0 Å². The fraction of sp³-hybridized carbons (Fsp3) is 0.167. The van der Waals surface area contributed by atoms with Crippen molar-refractivity contribution in [1.82, 2.24) is 9.71 Å². The van der Waals surface area contributed by atoms with Gasteiger partial charge in [0, 0.05) is 17.0 Å². The van der Waals surface area contributed by atoms with Gasteiger partial charge in [-0.1, -0.05) is 36.4 Å². The van der Waals surface area contributed by atoms with Crippen molar-refractivity contribution in [2.45, 2.75) is 25.3 Å². The number of aryl methyl sites for hydroxylation is 2. The molecule has 4 nitrogen and oxygen atoms in total. The Bertz CT molecular complexity index is 1010. The minimum atomic E-state index is -3.92. The fourth-order valence-corrected chi connectivity index (χ4v) is 4.68. The van der Waals surface area contributed by atoms with Crippen molar-refractivity contribution in [3.05, 3.63) is 70.5 Å². The van der Waals surface area contributed by atoms with Gasteiger partial charge in [-0.25, -0.2) is 22.5 Å². The number of rotatable bonds is 5. The van der Waals surface area contributed by atoms with Gasteiger partial charge in [0.15, 0.2) is 0 Å². The highest BCUT2D eigenvalue weighted by Gasteiger charge is 2.19. The van der Waals surface area contributed by atoms with Crippen molar-refractivity contribution in [1.29, 1.82) is 0 Å². The first-order chi connectivity index (χ1) is 11.9. The van der Waals surface area contributed by atoms with Gasteiger partial charge < -0.3 is 0 Å². The van der Waals surface area contributed by atoms with Crippen molar-refractivity contribution in [3.63, 3.8) is 0 Å². The zero-order valence-corrected chi connectivity index (χ0v) is 15.4. The maximum atomic E-state index is 13.7. The minimum Gasteiger partial charge on any atom is -0.241 e. The molecule has 25 heavy (non-hydrogen) atoms. The van der Waals surface area contributed by atoms with Crippen LogP contribution < -0.4 is 4.72 Å². The highest BCUT2D eigenvalue weighted by Crippen LogP contribution is 2.30. The van der Waals surface area contributed by atoms with Gasteiger partial charge in [0.1, 0.15) is 15.7 Å². The number of nitrogens with zero attached hydrogens (tertiary/aromatic N) is 1. The Hall–Kier alpha value is -2.09. The topological polar surface area (TPSA) is 59.1 Å². The maximum absolute atomic E-state index is 13.7. The van der Waals surface area contributed by atoms with E-state index in [1.165, 1.54) is 29.5 Å². The summed E-state index contributed by atoms with van der Waals surface area (Å²) in [6.45, 7) is 3.92. The van der Waals surface area contributed by atoms with Crippen LogP contribution in [0.1, 0.15) is 16.1 Å². The molecule has 0 bridgehead atoms. The molecule has 0 radical (unpaired) electrons. The Morgan fingerprint density at radius 3 is 2.48 bits per heavy atom. The second-order valence-electron chi connectivity index (χ2n) is 5.60. The Kier molecular flexibility index (Phi) is 4.99. The molecule has 0 amide bonds. The van der Waals surface area contributed by atoms with Crippen LogP contribution in [0.5, 0.6) is 0 Å². The second kappa shape index (κ2) is 7.03. The predicted molar refractivity (Wildman–Crippen MR) is 97.4 cm³/mol. The molecular formula is C18H17FN2O2S2. The third kappa shape index (κ3) is 3.78.